The topological polar surface area (TPSA) is 67.5 Å². The van der Waals surface area contributed by atoms with Gasteiger partial charge in [0.25, 0.3) is 5.91 Å². The SMILES string of the molecule is NC1=NC2(CCC(c3ccccc3)CC2)C(=O)N1. The van der Waals surface area contributed by atoms with Crippen LogP contribution in [0, 0.1) is 0 Å². The lowest BCUT2D eigenvalue weighted by Crippen LogP contribution is -2.42. The summed E-state index contributed by atoms with van der Waals surface area (Å²) in [6.07, 6.45) is 3.57. The summed E-state index contributed by atoms with van der Waals surface area (Å²) in [5.41, 5.74) is 6.38. The highest BCUT2D eigenvalue weighted by Gasteiger charge is 2.45. The van der Waals surface area contributed by atoms with Crippen LogP contribution in [0.15, 0.2) is 35.3 Å². The molecule has 1 amide bonds. The van der Waals surface area contributed by atoms with Crippen LogP contribution in [0.4, 0.5) is 0 Å². The number of nitrogens with zero attached hydrogens (tertiary/aromatic N) is 1. The van der Waals surface area contributed by atoms with E-state index < -0.39 is 5.54 Å². The van der Waals surface area contributed by atoms with Gasteiger partial charge in [0.05, 0.1) is 0 Å². The molecule has 0 bridgehead atoms. The van der Waals surface area contributed by atoms with E-state index in [0.717, 1.165) is 25.7 Å². The molecule has 1 fully saturated rings. The molecule has 0 atom stereocenters. The fourth-order valence-corrected chi connectivity index (χ4v) is 3.03. The molecule has 2 aliphatic rings. The van der Waals surface area contributed by atoms with Crippen LogP contribution in [0.3, 0.4) is 0 Å². The summed E-state index contributed by atoms with van der Waals surface area (Å²) in [7, 11) is 0. The van der Waals surface area contributed by atoms with Gasteiger partial charge in [-0.2, -0.15) is 0 Å². The van der Waals surface area contributed by atoms with Crippen molar-refractivity contribution in [3.05, 3.63) is 35.9 Å². The van der Waals surface area contributed by atoms with Gasteiger partial charge in [-0.1, -0.05) is 30.3 Å². The van der Waals surface area contributed by atoms with Crippen molar-refractivity contribution in [3.8, 4) is 0 Å². The zero-order valence-electron chi connectivity index (χ0n) is 10.2. The lowest BCUT2D eigenvalue weighted by atomic mass is 9.74. The number of nitrogens with two attached hydrogens (primary N) is 1. The summed E-state index contributed by atoms with van der Waals surface area (Å²) in [6.45, 7) is 0. The van der Waals surface area contributed by atoms with Gasteiger partial charge in [-0.25, -0.2) is 4.99 Å². The minimum atomic E-state index is -0.574. The van der Waals surface area contributed by atoms with Crippen molar-refractivity contribution < 1.29 is 4.79 Å². The number of nitrogens with one attached hydrogen (secondary N) is 1. The Kier molecular flexibility index (Phi) is 2.58. The zero-order valence-corrected chi connectivity index (χ0v) is 10.2. The maximum Gasteiger partial charge on any atom is 0.254 e. The highest BCUT2D eigenvalue weighted by atomic mass is 16.2. The van der Waals surface area contributed by atoms with Gasteiger partial charge in [0.2, 0.25) is 0 Å². The summed E-state index contributed by atoms with van der Waals surface area (Å²) in [6, 6.07) is 10.5. The molecule has 4 heteroatoms. The quantitative estimate of drug-likeness (QED) is 0.785. The standard InChI is InChI=1S/C14H17N3O/c15-13-16-12(18)14(17-13)8-6-11(7-9-14)10-4-2-1-3-5-10/h1-5,11H,6-9H2,(H3,15,16,17,18). The molecule has 18 heavy (non-hydrogen) atoms. The predicted molar refractivity (Wildman–Crippen MR) is 70.1 cm³/mol. The second-order valence-corrected chi connectivity index (χ2v) is 5.17. The number of guanidine groups is 1. The van der Waals surface area contributed by atoms with E-state index in [-0.39, 0.29) is 11.9 Å². The Balaban J connectivity index is 1.74. The number of hydrogen-bond acceptors (Lipinski definition) is 3. The number of amides is 1. The molecule has 1 spiro atoms. The third kappa shape index (κ3) is 1.78. The second-order valence-electron chi connectivity index (χ2n) is 5.17. The van der Waals surface area contributed by atoms with Crippen molar-refractivity contribution >= 4 is 11.9 Å². The van der Waals surface area contributed by atoms with Crippen molar-refractivity contribution in [2.75, 3.05) is 0 Å². The Morgan fingerprint density at radius 1 is 1.22 bits per heavy atom. The van der Waals surface area contributed by atoms with Crippen LogP contribution in [0.25, 0.3) is 0 Å². The van der Waals surface area contributed by atoms with Gasteiger partial charge >= 0.3 is 0 Å². The molecular formula is C14H17N3O. The summed E-state index contributed by atoms with van der Waals surface area (Å²) in [5, 5.41) is 2.62. The van der Waals surface area contributed by atoms with Crippen molar-refractivity contribution in [1.82, 2.24) is 5.32 Å². The first-order chi connectivity index (χ1) is 8.70. The van der Waals surface area contributed by atoms with Gasteiger partial charge in [-0.3, -0.25) is 10.1 Å². The molecule has 3 rings (SSSR count). The van der Waals surface area contributed by atoms with Crippen LogP contribution in [-0.4, -0.2) is 17.4 Å². The normalized spacial score (nSPS) is 31.2. The maximum atomic E-state index is 11.9. The average molecular weight is 243 g/mol. The average Bonchev–Trinajstić information content (AvgIpc) is 2.66. The Morgan fingerprint density at radius 3 is 2.44 bits per heavy atom. The molecule has 3 N–H and O–H groups in total. The summed E-state index contributed by atoms with van der Waals surface area (Å²) in [5.74, 6) is 0.798. The van der Waals surface area contributed by atoms with Gasteiger partial charge < -0.3 is 5.73 Å². The van der Waals surface area contributed by atoms with Crippen molar-refractivity contribution in [1.29, 1.82) is 0 Å². The van der Waals surface area contributed by atoms with Gasteiger partial charge in [0.1, 0.15) is 5.54 Å². The lowest BCUT2D eigenvalue weighted by molar-refractivity contribution is -0.124. The van der Waals surface area contributed by atoms with E-state index in [1.165, 1.54) is 5.56 Å². The highest BCUT2D eigenvalue weighted by Crippen LogP contribution is 2.41. The molecule has 1 aliphatic carbocycles. The number of rotatable bonds is 1. The monoisotopic (exact) mass is 243 g/mol. The van der Waals surface area contributed by atoms with Crippen LogP contribution >= 0.6 is 0 Å². The molecule has 0 radical (unpaired) electrons. The minimum Gasteiger partial charge on any atom is -0.370 e. The van der Waals surface area contributed by atoms with Crippen LogP contribution < -0.4 is 11.1 Å². The Morgan fingerprint density at radius 2 is 1.89 bits per heavy atom. The third-order valence-corrected chi connectivity index (χ3v) is 4.08. The Hall–Kier alpha value is -1.84. The van der Waals surface area contributed by atoms with E-state index in [1.807, 2.05) is 6.07 Å². The van der Waals surface area contributed by atoms with Crippen molar-refractivity contribution in [2.24, 2.45) is 10.7 Å². The number of carbonyl (C=O) groups excluding carboxylic acids is 1. The first-order valence-corrected chi connectivity index (χ1v) is 6.41. The molecule has 1 aliphatic heterocycles. The van der Waals surface area contributed by atoms with Gasteiger partial charge in [0.15, 0.2) is 5.96 Å². The molecular weight excluding hydrogens is 226 g/mol. The van der Waals surface area contributed by atoms with Crippen LogP contribution in [-0.2, 0) is 4.79 Å². The molecule has 1 aromatic rings. The minimum absolute atomic E-state index is 0.0217. The molecule has 0 aromatic heterocycles. The molecule has 1 saturated carbocycles. The first kappa shape index (κ1) is 11.3. The van der Waals surface area contributed by atoms with E-state index in [2.05, 4.69) is 34.6 Å². The van der Waals surface area contributed by atoms with E-state index in [4.69, 9.17) is 5.73 Å². The number of hydrogen-bond donors (Lipinski definition) is 2. The fourth-order valence-electron chi connectivity index (χ4n) is 3.03. The third-order valence-electron chi connectivity index (χ3n) is 4.08. The summed E-state index contributed by atoms with van der Waals surface area (Å²) < 4.78 is 0. The number of benzene rings is 1. The van der Waals surface area contributed by atoms with Gasteiger partial charge in [-0.05, 0) is 37.2 Å². The van der Waals surface area contributed by atoms with E-state index in [9.17, 15) is 4.79 Å². The van der Waals surface area contributed by atoms with Crippen LogP contribution in [0.5, 0.6) is 0 Å². The van der Waals surface area contributed by atoms with E-state index in [0.29, 0.717) is 5.92 Å². The molecule has 0 saturated heterocycles. The molecule has 94 valence electrons. The Bertz CT molecular complexity index is 487. The smallest absolute Gasteiger partial charge is 0.254 e. The van der Waals surface area contributed by atoms with E-state index in [1.54, 1.807) is 0 Å². The van der Waals surface area contributed by atoms with Gasteiger partial charge in [0, 0.05) is 0 Å². The molecule has 1 aromatic carbocycles. The van der Waals surface area contributed by atoms with Crippen LogP contribution in [0.1, 0.15) is 37.2 Å². The number of carbonyl (C=O) groups is 1. The van der Waals surface area contributed by atoms with Crippen molar-refractivity contribution in [3.63, 3.8) is 0 Å². The van der Waals surface area contributed by atoms with Crippen molar-refractivity contribution in [2.45, 2.75) is 37.1 Å². The van der Waals surface area contributed by atoms with Gasteiger partial charge in [-0.15, -0.1) is 0 Å². The Labute approximate surface area is 106 Å². The summed E-state index contributed by atoms with van der Waals surface area (Å²) in [4.78, 5) is 16.2. The zero-order chi connectivity index (χ0) is 12.6. The number of aliphatic imine (C=N–C) groups is 1. The predicted octanol–water partition coefficient (Wildman–Crippen LogP) is 1.53. The highest BCUT2D eigenvalue weighted by molar-refractivity contribution is 6.06. The largest absolute Gasteiger partial charge is 0.370 e. The lowest BCUT2D eigenvalue weighted by Gasteiger charge is -2.32. The fraction of sp³-hybridized carbons (Fsp3) is 0.429. The first-order valence-electron chi connectivity index (χ1n) is 6.41. The molecule has 1 heterocycles. The molecule has 0 unspecified atom stereocenters. The maximum absolute atomic E-state index is 11.9. The molecule has 4 nitrogen and oxygen atoms in total. The van der Waals surface area contributed by atoms with Crippen LogP contribution in [0.2, 0.25) is 0 Å². The second kappa shape index (κ2) is 4.12. The summed E-state index contributed by atoms with van der Waals surface area (Å²) >= 11 is 0. The van der Waals surface area contributed by atoms with E-state index >= 15 is 0 Å².